The second-order valence-electron chi connectivity index (χ2n) is 3.19. The summed E-state index contributed by atoms with van der Waals surface area (Å²) in [5.74, 6) is -1.80. The normalized spacial score (nSPS) is 12.4. The van der Waals surface area contributed by atoms with E-state index >= 15 is 0 Å². The summed E-state index contributed by atoms with van der Waals surface area (Å²) in [6, 6.07) is 0.499. The predicted octanol–water partition coefficient (Wildman–Crippen LogP) is 3.32. The molecule has 1 rings (SSSR count). The maximum Gasteiger partial charge on any atom is 0.574 e. The molecule has 0 amide bonds. The van der Waals surface area contributed by atoms with Crippen molar-refractivity contribution in [3.63, 3.8) is 0 Å². The molecule has 0 atom stereocenters. The van der Waals surface area contributed by atoms with Gasteiger partial charge in [0.25, 0.3) is 0 Å². The van der Waals surface area contributed by atoms with Gasteiger partial charge < -0.3 is 9.47 Å². The van der Waals surface area contributed by atoms with E-state index in [4.69, 9.17) is 0 Å². The first-order chi connectivity index (χ1) is 8.04. The highest BCUT2D eigenvalue weighted by Crippen LogP contribution is 2.38. The Kier molecular flexibility index (Phi) is 3.63. The summed E-state index contributed by atoms with van der Waals surface area (Å²) < 4.78 is 81.5. The van der Waals surface area contributed by atoms with Crippen molar-refractivity contribution >= 4 is 0 Å². The summed E-state index contributed by atoms with van der Waals surface area (Å²) in [4.78, 5) is 3.19. The Morgan fingerprint density at radius 3 is 2.06 bits per heavy atom. The summed E-state index contributed by atoms with van der Waals surface area (Å²) >= 11 is 0. The lowest BCUT2D eigenvalue weighted by Gasteiger charge is -2.16. The summed E-state index contributed by atoms with van der Waals surface area (Å²) in [6.45, 7) is 0.830. The summed E-state index contributed by atoms with van der Waals surface area (Å²) in [6.07, 6.45) is -9.96. The number of rotatable bonds is 2. The van der Waals surface area contributed by atoms with Crippen molar-refractivity contribution in [2.45, 2.75) is 19.5 Å². The lowest BCUT2D eigenvalue weighted by molar-refractivity contribution is -0.276. The van der Waals surface area contributed by atoms with Gasteiger partial charge in [-0.15, -0.1) is 13.2 Å². The van der Waals surface area contributed by atoms with E-state index in [9.17, 15) is 26.3 Å². The Labute approximate surface area is 97.3 Å². The van der Waals surface area contributed by atoms with E-state index in [1.165, 1.54) is 0 Å². The molecule has 1 aromatic heterocycles. The predicted molar refractivity (Wildman–Crippen MR) is 47.2 cm³/mol. The number of aromatic nitrogens is 1. The minimum absolute atomic E-state index is 0.499. The average Bonchev–Trinajstić information content (AvgIpc) is 2.17. The zero-order valence-electron chi connectivity index (χ0n) is 9.11. The van der Waals surface area contributed by atoms with Gasteiger partial charge in [0.15, 0.2) is 0 Å². The molecule has 18 heavy (non-hydrogen) atoms. The van der Waals surface area contributed by atoms with E-state index in [2.05, 4.69) is 14.5 Å². The van der Waals surface area contributed by atoms with Crippen LogP contribution in [0.15, 0.2) is 6.07 Å². The first-order valence-corrected chi connectivity index (χ1v) is 4.43. The van der Waals surface area contributed by atoms with Crippen LogP contribution in [0.1, 0.15) is 11.1 Å². The third-order valence-electron chi connectivity index (χ3n) is 1.93. The van der Waals surface area contributed by atoms with E-state index < -0.39 is 35.4 Å². The Morgan fingerprint density at radius 2 is 1.67 bits per heavy atom. The molecule has 0 N–H and O–H groups in total. The van der Waals surface area contributed by atoms with Crippen LogP contribution in [0.25, 0.3) is 0 Å². The molecule has 9 heteroatoms. The van der Waals surface area contributed by atoms with Crippen molar-refractivity contribution in [2.75, 3.05) is 7.11 Å². The highest BCUT2D eigenvalue weighted by molar-refractivity contribution is 5.39. The maximum atomic E-state index is 12.6. The standard InChI is InChI=1S/C9H7F6NO2/c1-4-5(8(10,11)12)3-6(17-2)16-7(4)18-9(13,14)15/h3H,1-2H3. The van der Waals surface area contributed by atoms with Gasteiger partial charge in [-0.2, -0.15) is 18.2 Å². The van der Waals surface area contributed by atoms with Crippen LogP contribution in [0, 0.1) is 6.92 Å². The zero-order chi connectivity index (χ0) is 14.1. The number of halogens is 6. The van der Waals surface area contributed by atoms with Gasteiger partial charge in [0.2, 0.25) is 11.8 Å². The van der Waals surface area contributed by atoms with E-state index in [1.54, 1.807) is 0 Å². The van der Waals surface area contributed by atoms with E-state index in [-0.39, 0.29) is 0 Å². The molecular weight excluding hydrogens is 268 g/mol. The molecule has 3 nitrogen and oxygen atoms in total. The molecule has 1 aromatic rings. The third kappa shape index (κ3) is 3.41. The van der Waals surface area contributed by atoms with Gasteiger partial charge in [-0.1, -0.05) is 0 Å². The largest absolute Gasteiger partial charge is 0.574 e. The second kappa shape index (κ2) is 4.54. The number of hydrogen-bond donors (Lipinski definition) is 0. The van der Waals surface area contributed by atoms with Crippen LogP contribution >= 0.6 is 0 Å². The number of nitrogens with zero attached hydrogens (tertiary/aromatic N) is 1. The molecule has 0 saturated heterocycles. The van der Waals surface area contributed by atoms with E-state index in [0.717, 1.165) is 14.0 Å². The fraction of sp³-hybridized carbons (Fsp3) is 0.444. The molecule has 0 radical (unpaired) electrons. The van der Waals surface area contributed by atoms with Crippen molar-refractivity contribution in [1.29, 1.82) is 0 Å². The van der Waals surface area contributed by atoms with Gasteiger partial charge in [-0.05, 0) is 6.92 Å². The minimum atomic E-state index is -5.13. The highest BCUT2D eigenvalue weighted by atomic mass is 19.4. The van der Waals surface area contributed by atoms with Crippen LogP contribution in [0.4, 0.5) is 26.3 Å². The lowest BCUT2D eigenvalue weighted by Crippen LogP contribution is -2.20. The van der Waals surface area contributed by atoms with Gasteiger partial charge in [-0.25, -0.2) is 0 Å². The highest BCUT2D eigenvalue weighted by Gasteiger charge is 2.38. The molecule has 0 bridgehead atoms. The van der Waals surface area contributed by atoms with E-state index in [1.807, 2.05) is 0 Å². The molecule has 0 aromatic carbocycles. The first-order valence-electron chi connectivity index (χ1n) is 4.43. The van der Waals surface area contributed by atoms with Crippen LogP contribution < -0.4 is 9.47 Å². The smallest absolute Gasteiger partial charge is 0.481 e. The molecule has 0 aliphatic carbocycles. The Bertz CT molecular complexity index is 440. The van der Waals surface area contributed by atoms with Crippen LogP contribution in [0.3, 0.4) is 0 Å². The molecule has 102 valence electrons. The van der Waals surface area contributed by atoms with Crippen LogP contribution in [0.2, 0.25) is 0 Å². The van der Waals surface area contributed by atoms with Crippen molar-refractivity contribution in [2.24, 2.45) is 0 Å². The van der Waals surface area contributed by atoms with Crippen molar-refractivity contribution in [3.05, 3.63) is 17.2 Å². The van der Waals surface area contributed by atoms with Gasteiger partial charge in [0, 0.05) is 11.6 Å². The van der Waals surface area contributed by atoms with Crippen LogP contribution in [-0.4, -0.2) is 18.5 Å². The van der Waals surface area contributed by atoms with Crippen LogP contribution in [0.5, 0.6) is 11.8 Å². The Hall–Kier alpha value is -1.67. The number of methoxy groups -OCH3 is 1. The molecule has 1 heterocycles. The summed E-state index contributed by atoms with van der Waals surface area (Å²) in [5.41, 5.74) is -2.06. The van der Waals surface area contributed by atoms with E-state index in [0.29, 0.717) is 6.07 Å². The van der Waals surface area contributed by atoms with Crippen molar-refractivity contribution in [1.82, 2.24) is 4.98 Å². The molecular formula is C9H7F6NO2. The van der Waals surface area contributed by atoms with Gasteiger partial charge in [-0.3, -0.25) is 0 Å². The minimum Gasteiger partial charge on any atom is -0.481 e. The molecule has 0 saturated carbocycles. The zero-order valence-corrected chi connectivity index (χ0v) is 9.11. The lowest BCUT2D eigenvalue weighted by atomic mass is 10.1. The first kappa shape index (κ1) is 14.4. The Balaban J connectivity index is 3.34. The fourth-order valence-electron chi connectivity index (χ4n) is 1.17. The topological polar surface area (TPSA) is 31.4 Å². The maximum absolute atomic E-state index is 12.6. The molecule has 0 spiro atoms. The van der Waals surface area contributed by atoms with Gasteiger partial charge in [0.05, 0.1) is 12.7 Å². The molecule has 0 unspecified atom stereocenters. The number of hydrogen-bond acceptors (Lipinski definition) is 3. The van der Waals surface area contributed by atoms with Crippen molar-refractivity contribution < 1.29 is 35.8 Å². The number of alkyl halides is 6. The molecule has 0 aliphatic heterocycles. The number of pyridine rings is 1. The van der Waals surface area contributed by atoms with Crippen LogP contribution in [-0.2, 0) is 6.18 Å². The second-order valence-corrected chi connectivity index (χ2v) is 3.19. The number of ether oxygens (including phenoxy) is 2. The van der Waals surface area contributed by atoms with Crippen molar-refractivity contribution in [3.8, 4) is 11.8 Å². The summed E-state index contributed by atoms with van der Waals surface area (Å²) in [5, 5.41) is 0. The van der Waals surface area contributed by atoms with Gasteiger partial charge >= 0.3 is 12.5 Å². The monoisotopic (exact) mass is 275 g/mol. The molecule has 0 fully saturated rings. The molecule has 0 aliphatic rings. The Morgan fingerprint density at radius 1 is 1.11 bits per heavy atom. The fourth-order valence-corrected chi connectivity index (χ4v) is 1.17. The quantitative estimate of drug-likeness (QED) is 0.776. The summed E-state index contributed by atoms with van der Waals surface area (Å²) in [7, 11) is 0.981. The van der Waals surface area contributed by atoms with Gasteiger partial charge in [0.1, 0.15) is 0 Å². The third-order valence-corrected chi connectivity index (χ3v) is 1.93. The average molecular weight is 275 g/mol. The SMILES string of the molecule is COc1cc(C(F)(F)F)c(C)c(OC(F)(F)F)n1.